The zero-order valence-electron chi connectivity index (χ0n) is 16.1. The Balaban J connectivity index is 1.42. The number of piperazine rings is 1. The Labute approximate surface area is 163 Å². The molecule has 7 heteroatoms. The zero-order chi connectivity index (χ0) is 19.0. The van der Waals surface area contributed by atoms with Gasteiger partial charge in [0.05, 0.1) is 21.7 Å². The number of hydrogen-bond acceptors (Lipinski definition) is 5. The van der Waals surface area contributed by atoms with Crippen LogP contribution in [-0.4, -0.2) is 56.4 Å². The summed E-state index contributed by atoms with van der Waals surface area (Å²) in [5.41, 5.74) is 3.09. The van der Waals surface area contributed by atoms with Gasteiger partial charge in [0.25, 0.3) is 0 Å². The van der Waals surface area contributed by atoms with Crippen molar-refractivity contribution in [1.82, 2.24) is 24.3 Å². The third-order valence-electron chi connectivity index (χ3n) is 5.25. The number of rotatable bonds is 4. The number of para-hydroxylation sites is 2. The van der Waals surface area contributed by atoms with Gasteiger partial charge in [-0.3, -0.25) is 9.69 Å². The van der Waals surface area contributed by atoms with E-state index in [2.05, 4.69) is 24.8 Å². The molecule has 6 nitrogen and oxygen atoms in total. The summed E-state index contributed by atoms with van der Waals surface area (Å²) in [5, 5.41) is 3.23. The average molecular weight is 384 g/mol. The smallest absolute Gasteiger partial charge is 0.245 e. The van der Waals surface area contributed by atoms with Gasteiger partial charge in [-0.05, 0) is 32.9 Å². The van der Waals surface area contributed by atoms with Crippen molar-refractivity contribution in [2.75, 3.05) is 26.2 Å². The molecule has 1 saturated heterocycles. The largest absolute Gasteiger partial charge is 0.338 e. The number of nitrogens with zero attached hydrogens (tertiary/aromatic N) is 5. The van der Waals surface area contributed by atoms with E-state index in [1.165, 1.54) is 0 Å². The maximum absolute atomic E-state index is 13.1. The average Bonchev–Trinajstić information content (AvgIpc) is 3.23. The molecule has 0 bridgehead atoms. The number of benzene rings is 1. The number of imidazole rings is 1. The highest BCUT2D eigenvalue weighted by Gasteiger charge is 2.27. The number of fused-ring (bicyclic) bond motifs is 1. The first-order valence-electron chi connectivity index (χ1n) is 9.38. The molecule has 1 atom stereocenters. The lowest BCUT2D eigenvalue weighted by atomic mass is 10.2. The Morgan fingerprint density at radius 2 is 1.89 bits per heavy atom. The van der Waals surface area contributed by atoms with E-state index in [0.29, 0.717) is 0 Å². The fourth-order valence-corrected chi connectivity index (χ4v) is 4.47. The highest BCUT2D eigenvalue weighted by molar-refractivity contribution is 7.09. The lowest BCUT2D eigenvalue weighted by Crippen LogP contribution is -2.50. The van der Waals surface area contributed by atoms with Crippen LogP contribution in [0, 0.1) is 13.8 Å². The van der Waals surface area contributed by atoms with Gasteiger partial charge in [0, 0.05) is 38.1 Å². The SMILES string of the molecule is Cc1nc(CN2CCN(C(=O)C(C)n3c(C)nc4ccccc43)CC2)cs1. The minimum absolute atomic E-state index is 0.172. The highest BCUT2D eigenvalue weighted by Crippen LogP contribution is 2.23. The molecule has 2 aromatic heterocycles. The fraction of sp³-hybridized carbons (Fsp3) is 0.450. The summed E-state index contributed by atoms with van der Waals surface area (Å²) in [6, 6.07) is 7.76. The number of carbonyl (C=O) groups excluding carboxylic acids is 1. The molecule has 1 fully saturated rings. The summed E-state index contributed by atoms with van der Waals surface area (Å²) in [6.07, 6.45) is 0. The summed E-state index contributed by atoms with van der Waals surface area (Å²) in [5.74, 6) is 1.06. The number of amides is 1. The van der Waals surface area contributed by atoms with Crippen LogP contribution in [0.15, 0.2) is 29.6 Å². The van der Waals surface area contributed by atoms with E-state index in [0.717, 1.165) is 60.3 Å². The number of aromatic nitrogens is 3. The second-order valence-electron chi connectivity index (χ2n) is 7.15. The normalized spacial score (nSPS) is 16.8. The van der Waals surface area contributed by atoms with Gasteiger partial charge in [0.1, 0.15) is 11.9 Å². The summed E-state index contributed by atoms with van der Waals surface area (Å²) >= 11 is 1.69. The Hall–Kier alpha value is -2.25. The summed E-state index contributed by atoms with van der Waals surface area (Å²) in [6.45, 7) is 10.2. The van der Waals surface area contributed by atoms with Crippen LogP contribution in [0.5, 0.6) is 0 Å². The number of hydrogen-bond donors (Lipinski definition) is 0. The van der Waals surface area contributed by atoms with Crippen LogP contribution in [0.4, 0.5) is 0 Å². The number of carbonyl (C=O) groups is 1. The molecule has 3 heterocycles. The summed E-state index contributed by atoms with van der Waals surface area (Å²) in [7, 11) is 0. The molecule has 1 aliphatic heterocycles. The first-order valence-corrected chi connectivity index (χ1v) is 10.3. The fourth-order valence-electron chi connectivity index (χ4n) is 3.86. The molecule has 0 spiro atoms. The van der Waals surface area contributed by atoms with E-state index < -0.39 is 0 Å². The maximum atomic E-state index is 13.1. The van der Waals surface area contributed by atoms with Crippen LogP contribution >= 0.6 is 11.3 Å². The van der Waals surface area contributed by atoms with Gasteiger partial charge in [0.15, 0.2) is 0 Å². The molecule has 142 valence electrons. The van der Waals surface area contributed by atoms with Gasteiger partial charge < -0.3 is 9.47 Å². The molecule has 0 N–H and O–H groups in total. The number of aryl methyl sites for hydroxylation is 2. The predicted octanol–water partition coefficient (Wildman–Crippen LogP) is 3.02. The highest BCUT2D eigenvalue weighted by atomic mass is 32.1. The van der Waals surface area contributed by atoms with Crippen LogP contribution in [0.3, 0.4) is 0 Å². The van der Waals surface area contributed by atoms with E-state index >= 15 is 0 Å². The van der Waals surface area contributed by atoms with Gasteiger partial charge in [-0.25, -0.2) is 9.97 Å². The van der Waals surface area contributed by atoms with Crippen LogP contribution in [0.25, 0.3) is 11.0 Å². The third kappa shape index (κ3) is 3.61. The Kier molecular flexibility index (Phi) is 4.97. The van der Waals surface area contributed by atoms with Crippen molar-refractivity contribution < 1.29 is 4.79 Å². The minimum Gasteiger partial charge on any atom is -0.338 e. The van der Waals surface area contributed by atoms with Crippen LogP contribution < -0.4 is 0 Å². The second-order valence-corrected chi connectivity index (χ2v) is 8.22. The van der Waals surface area contributed by atoms with Crippen molar-refractivity contribution in [1.29, 1.82) is 0 Å². The molecule has 1 aromatic carbocycles. The zero-order valence-corrected chi connectivity index (χ0v) is 16.9. The van der Waals surface area contributed by atoms with Crippen LogP contribution in [0.2, 0.25) is 0 Å². The second kappa shape index (κ2) is 7.40. The Morgan fingerprint density at radius 1 is 1.15 bits per heavy atom. The maximum Gasteiger partial charge on any atom is 0.245 e. The molecule has 4 rings (SSSR count). The molecule has 0 saturated carbocycles. The molecular formula is C20H25N5OS. The first kappa shape index (κ1) is 18.1. The molecule has 1 unspecified atom stereocenters. The van der Waals surface area contributed by atoms with Crippen molar-refractivity contribution in [3.05, 3.63) is 46.2 Å². The van der Waals surface area contributed by atoms with Crippen molar-refractivity contribution in [3.63, 3.8) is 0 Å². The van der Waals surface area contributed by atoms with Crippen molar-refractivity contribution in [3.8, 4) is 0 Å². The van der Waals surface area contributed by atoms with E-state index in [1.54, 1.807) is 11.3 Å². The van der Waals surface area contributed by atoms with E-state index in [-0.39, 0.29) is 11.9 Å². The van der Waals surface area contributed by atoms with Gasteiger partial charge in [-0.15, -0.1) is 11.3 Å². The summed E-state index contributed by atoms with van der Waals surface area (Å²) in [4.78, 5) is 26.6. The topological polar surface area (TPSA) is 54.3 Å². The van der Waals surface area contributed by atoms with Gasteiger partial charge in [-0.1, -0.05) is 12.1 Å². The van der Waals surface area contributed by atoms with Crippen molar-refractivity contribution >= 4 is 28.3 Å². The molecule has 27 heavy (non-hydrogen) atoms. The minimum atomic E-state index is -0.245. The predicted molar refractivity (Wildman–Crippen MR) is 108 cm³/mol. The molecule has 1 amide bonds. The lowest BCUT2D eigenvalue weighted by molar-refractivity contribution is -0.136. The van der Waals surface area contributed by atoms with Crippen LogP contribution in [0.1, 0.15) is 29.5 Å². The molecule has 0 aliphatic carbocycles. The monoisotopic (exact) mass is 383 g/mol. The van der Waals surface area contributed by atoms with E-state index in [9.17, 15) is 4.79 Å². The van der Waals surface area contributed by atoms with Crippen molar-refractivity contribution in [2.24, 2.45) is 0 Å². The van der Waals surface area contributed by atoms with Gasteiger partial charge >= 0.3 is 0 Å². The van der Waals surface area contributed by atoms with Crippen molar-refractivity contribution in [2.45, 2.75) is 33.4 Å². The van der Waals surface area contributed by atoms with E-state index in [1.807, 2.05) is 49.9 Å². The molecule has 0 radical (unpaired) electrons. The Morgan fingerprint density at radius 3 is 2.59 bits per heavy atom. The first-order chi connectivity index (χ1) is 13.0. The number of thiazole rings is 1. The van der Waals surface area contributed by atoms with Gasteiger partial charge in [0.2, 0.25) is 5.91 Å². The molecular weight excluding hydrogens is 358 g/mol. The van der Waals surface area contributed by atoms with E-state index in [4.69, 9.17) is 0 Å². The lowest BCUT2D eigenvalue weighted by Gasteiger charge is -2.36. The molecule has 3 aromatic rings. The Bertz CT molecular complexity index is 954. The summed E-state index contributed by atoms with van der Waals surface area (Å²) < 4.78 is 2.06. The quantitative estimate of drug-likeness (QED) is 0.695. The molecule has 1 aliphatic rings. The van der Waals surface area contributed by atoms with Crippen LogP contribution in [-0.2, 0) is 11.3 Å². The van der Waals surface area contributed by atoms with Gasteiger partial charge in [-0.2, -0.15) is 0 Å². The standard InChI is InChI=1S/C20H25N5OS/c1-14(25-15(2)21-18-6-4-5-7-19(18)25)20(26)24-10-8-23(9-11-24)12-17-13-27-16(3)22-17/h4-7,13-14H,8-12H2,1-3H3. The third-order valence-corrected chi connectivity index (χ3v) is 6.08.